The summed E-state index contributed by atoms with van der Waals surface area (Å²) in [5.41, 5.74) is 2.60. The van der Waals surface area contributed by atoms with Gasteiger partial charge in [0.05, 0.1) is 27.6 Å². The van der Waals surface area contributed by atoms with Crippen LogP contribution in [0.2, 0.25) is 5.02 Å². The second-order valence-electron chi connectivity index (χ2n) is 5.24. The number of benzene rings is 2. The summed E-state index contributed by atoms with van der Waals surface area (Å²) in [4.78, 5) is 4.82. The Bertz CT molecular complexity index is 782. The Morgan fingerprint density at radius 3 is 2.83 bits per heavy atom. The Kier molecular flexibility index (Phi) is 4.90. The Hall–Kier alpha value is -1.96. The molecule has 1 heterocycles. The standard InChI is InChI=1S/C18H16ClN3S/c1-2-16-17(21-15-9-4-3-8-14(15)19)22-18(23-16)13-7-5-6-12(10-13)11-20/h3-10,16,18H,2H2,1H3,(H,21,22). The van der Waals surface area contributed by atoms with Crippen LogP contribution in [-0.4, -0.2) is 11.1 Å². The van der Waals surface area contributed by atoms with Crippen molar-refractivity contribution < 1.29 is 0 Å². The van der Waals surface area contributed by atoms with Crippen molar-refractivity contribution in [2.45, 2.75) is 24.0 Å². The average Bonchev–Trinajstić information content (AvgIpc) is 3.00. The zero-order valence-electron chi connectivity index (χ0n) is 12.7. The van der Waals surface area contributed by atoms with Gasteiger partial charge in [-0.2, -0.15) is 5.26 Å². The van der Waals surface area contributed by atoms with Gasteiger partial charge in [0, 0.05) is 0 Å². The van der Waals surface area contributed by atoms with Gasteiger partial charge in [0.25, 0.3) is 0 Å². The minimum Gasteiger partial charge on any atom is -0.342 e. The van der Waals surface area contributed by atoms with Crippen molar-refractivity contribution in [3.63, 3.8) is 0 Å². The van der Waals surface area contributed by atoms with Crippen LogP contribution in [0, 0.1) is 11.3 Å². The zero-order chi connectivity index (χ0) is 16.2. The molecule has 3 rings (SSSR count). The second-order valence-corrected chi connectivity index (χ2v) is 6.94. The SMILES string of the molecule is CCC1SC(c2cccc(C#N)c2)N=C1Nc1ccccc1Cl. The fraction of sp³-hybridized carbons (Fsp3) is 0.222. The van der Waals surface area contributed by atoms with Gasteiger partial charge in [-0.1, -0.05) is 42.8 Å². The smallest absolute Gasteiger partial charge is 0.123 e. The van der Waals surface area contributed by atoms with Gasteiger partial charge in [-0.3, -0.25) is 4.99 Å². The van der Waals surface area contributed by atoms with E-state index < -0.39 is 0 Å². The molecule has 1 aliphatic rings. The number of halogens is 1. The molecule has 0 spiro atoms. The van der Waals surface area contributed by atoms with E-state index in [-0.39, 0.29) is 5.37 Å². The van der Waals surface area contributed by atoms with E-state index in [2.05, 4.69) is 18.3 Å². The number of anilines is 1. The number of nitrogens with one attached hydrogen (secondary N) is 1. The summed E-state index contributed by atoms with van der Waals surface area (Å²) >= 11 is 8.02. The van der Waals surface area contributed by atoms with Crippen LogP contribution in [0.25, 0.3) is 0 Å². The maximum absolute atomic E-state index is 9.06. The molecule has 2 unspecified atom stereocenters. The molecule has 0 saturated heterocycles. The molecule has 0 aliphatic carbocycles. The van der Waals surface area contributed by atoms with Crippen LogP contribution in [0.1, 0.15) is 29.8 Å². The summed E-state index contributed by atoms with van der Waals surface area (Å²) in [6, 6.07) is 17.5. The minimum absolute atomic E-state index is 0.0123. The van der Waals surface area contributed by atoms with Gasteiger partial charge >= 0.3 is 0 Å². The molecule has 2 aromatic carbocycles. The summed E-state index contributed by atoms with van der Waals surface area (Å²) in [7, 11) is 0. The molecule has 0 bridgehead atoms. The summed E-state index contributed by atoms with van der Waals surface area (Å²) in [5.74, 6) is 0.943. The number of hydrogen-bond acceptors (Lipinski definition) is 4. The van der Waals surface area contributed by atoms with Crippen molar-refractivity contribution in [2.24, 2.45) is 4.99 Å². The Balaban J connectivity index is 1.86. The number of hydrogen-bond donors (Lipinski definition) is 1. The molecule has 0 radical (unpaired) electrons. The third-order valence-electron chi connectivity index (χ3n) is 3.66. The highest BCUT2D eigenvalue weighted by atomic mass is 35.5. The lowest BCUT2D eigenvalue weighted by atomic mass is 10.1. The fourth-order valence-corrected chi connectivity index (χ4v) is 3.89. The van der Waals surface area contributed by atoms with Crippen LogP contribution in [0.15, 0.2) is 53.5 Å². The van der Waals surface area contributed by atoms with Crippen molar-refractivity contribution in [3.8, 4) is 6.07 Å². The molecule has 23 heavy (non-hydrogen) atoms. The van der Waals surface area contributed by atoms with E-state index in [1.807, 2.05) is 48.5 Å². The molecule has 2 aromatic rings. The van der Waals surface area contributed by atoms with Crippen LogP contribution in [0.4, 0.5) is 5.69 Å². The predicted octanol–water partition coefficient (Wildman–Crippen LogP) is 5.25. The van der Waals surface area contributed by atoms with Gasteiger partial charge in [-0.25, -0.2) is 0 Å². The maximum Gasteiger partial charge on any atom is 0.123 e. The molecule has 0 aromatic heterocycles. The van der Waals surface area contributed by atoms with Crippen LogP contribution in [-0.2, 0) is 0 Å². The summed E-state index contributed by atoms with van der Waals surface area (Å²) in [6.07, 6.45) is 0.982. The summed E-state index contributed by atoms with van der Waals surface area (Å²) < 4.78 is 0. The van der Waals surface area contributed by atoms with E-state index in [9.17, 15) is 0 Å². The van der Waals surface area contributed by atoms with Gasteiger partial charge < -0.3 is 5.32 Å². The number of thioether (sulfide) groups is 1. The van der Waals surface area contributed by atoms with Crippen molar-refractivity contribution in [3.05, 3.63) is 64.7 Å². The normalized spacial score (nSPS) is 20.0. The molecule has 3 nitrogen and oxygen atoms in total. The number of para-hydroxylation sites is 1. The molecular formula is C18H16ClN3S. The van der Waals surface area contributed by atoms with E-state index in [0.717, 1.165) is 23.5 Å². The first kappa shape index (κ1) is 15.9. The number of amidine groups is 1. The van der Waals surface area contributed by atoms with Crippen LogP contribution < -0.4 is 5.32 Å². The lowest BCUT2D eigenvalue weighted by Gasteiger charge is -2.13. The Morgan fingerprint density at radius 1 is 1.26 bits per heavy atom. The van der Waals surface area contributed by atoms with Gasteiger partial charge in [0.15, 0.2) is 0 Å². The first-order valence-electron chi connectivity index (χ1n) is 7.46. The number of nitrogens with zero attached hydrogens (tertiary/aromatic N) is 2. The van der Waals surface area contributed by atoms with Crippen LogP contribution in [0.3, 0.4) is 0 Å². The molecule has 1 N–H and O–H groups in total. The zero-order valence-corrected chi connectivity index (χ0v) is 14.2. The molecule has 5 heteroatoms. The summed E-state index contributed by atoms with van der Waals surface area (Å²) in [5, 5.41) is 13.4. The number of rotatable bonds is 3. The monoisotopic (exact) mass is 341 g/mol. The summed E-state index contributed by atoms with van der Waals surface area (Å²) in [6.45, 7) is 2.15. The van der Waals surface area contributed by atoms with Gasteiger partial charge in [-0.15, -0.1) is 11.8 Å². The Morgan fingerprint density at radius 2 is 2.09 bits per heavy atom. The molecule has 0 saturated carbocycles. The van der Waals surface area contributed by atoms with Crippen LogP contribution >= 0.6 is 23.4 Å². The van der Waals surface area contributed by atoms with Gasteiger partial charge in [-0.05, 0) is 36.2 Å². The first-order chi connectivity index (χ1) is 11.2. The van der Waals surface area contributed by atoms with Crippen molar-refractivity contribution in [1.82, 2.24) is 0 Å². The first-order valence-corrected chi connectivity index (χ1v) is 8.78. The van der Waals surface area contributed by atoms with Gasteiger partial charge in [0.1, 0.15) is 11.2 Å². The highest BCUT2D eigenvalue weighted by Gasteiger charge is 2.29. The molecule has 1 aliphatic heterocycles. The third kappa shape index (κ3) is 3.52. The van der Waals surface area contributed by atoms with Crippen molar-refractivity contribution in [2.75, 3.05) is 5.32 Å². The number of aliphatic imine (C=N–C) groups is 1. The molecule has 116 valence electrons. The highest BCUT2D eigenvalue weighted by Crippen LogP contribution is 2.41. The van der Waals surface area contributed by atoms with Crippen molar-refractivity contribution >= 4 is 34.9 Å². The third-order valence-corrected chi connectivity index (χ3v) is 5.51. The van der Waals surface area contributed by atoms with E-state index in [1.165, 1.54) is 0 Å². The lowest BCUT2D eigenvalue weighted by Crippen LogP contribution is -2.21. The quantitative estimate of drug-likeness (QED) is 0.829. The molecule has 2 atom stereocenters. The van der Waals surface area contributed by atoms with E-state index in [1.54, 1.807) is 11.8 Å². The predicted molar refractivity (Wildman–Crippen MR) is 98.1 cm³/mol. The van der Waals surface area contributed by atoms with Gasteiger partial charge in [0.2, 0.25) is 0 Å². The molecule has 0 amide bonds. The van der Waals surface area contributed by atoms with E-state index in [4.69, 9.17) is 21.9 Å². The topological polar surface area (TPSA) is 48.2 Å². The van der Waals surface area contributed by atoms with Crippen LogP contribution in [0.5, 0.6) is 0 Å². The van der Waals surface area contributed by atoms with E-state index in [0.29, 0.717) is 15.8 Å². The maximum atomic E-state index is 9.06. The largest absolute Gasteiger partial charge is 0.342 e. The number of nitriles is 1. The molecular weight excluding hydrogens is 326 g/mol. The Labute approximate surface area is 145 Å². The highest BCUT2D eigenvalue weighted by molar-refractivity contribution is 8.01. The second kappa shape index (κ2) is 7.08. The fourth-order valence-electron chi connectivity index (χ4n) is 2.48. The molecule has 0 fully saturated rings. The lowest BCUT2D eigenvalue weighted by molar-refractivity contribution is 1.02. The van der Waals surface area contributed by atoms with E-state index >= 15 is 0 Å². The minimum atomic E-state index is 0.0123. The average molecular weight is 342 g/mol. The van der Waals surface area contributed by atoms with Crippen molar-refractivity contribution in [1.29, 1.82) is 5.26 Å².